The van der Waals surface area contributed by atoms with Gasteiger partial charge in [-0.1, -0.05) is 6.92 Å². The summed E-state index contributed by atoms with van der Waals surface area (Å²) in [5.41, 5.74) is 1.48. The summed E-state index contributed by atoms with van der Waals surface area (Å²) < 4.78 is 1.71. The lowest BCUT2D eigenvalue weighted by molar-refractivity contribution is -0.121. The maximum Gasteiger partial charge on any atom is 0.272 e. The Morgan fingerprint density at radius 3 is 2.95 bits per heavy atom. The zero-order valence-corrected chi connectivity index (χ0v) is 11.5. The van der Waals surface area contributed by atoms with Gasteiger partial charge in [-0.3, -0.25) is 14.3 Å². The first kappa shape index (κ1) is 13.6. The van der Waals surface area contributed by atoms with Gasteiger partial charge in [0.15, 0.2) is 0 Å². The lowest BCUT2D eigenvalue weighted by atomic mass is 10.2. The molecule has 6 nitrogen and oxygen atoms in total. The van der Waals surface area contributed by atoms with Gasteiger partial charge in [0.2, 0.25) is 5.91 Å². The number of carbonyl (C=O) groups is 2. The fourth-order valence-electron chi connectivity index (χ4n) is 2.20. The van der Waals surface area contributed by atoms with Crippen LogP contribution in [-0.2, 0) is 17.8 Å². The minimum absolute atomic E-state index is 0.0934. The molecule has 0 aliphatic carbocycles. The van der Waals surface area contributed by atoms with Crippen molar-refractivity contribution in [3.05, 3.63) is 17.5 Å². The molecule has 0 spiro atoms. The number of aryl methyl sites for hydroxylation is 2. The molecular formula is C13H20N4O2. The molecule has 0 bridgehead atoms. The molecule has 1 saturated heterocycles. The fourth-order valence-corrected chi connectivity index (χ4v) is 2.20. The average molecular weight is 264 g/mol. The molecule has 19 heavy (non-hydrogen) atoms. The smallest absolute Gasteiger partial charge is 0.272 e. The van der Waals surface area contributed by atoms with Crippen molar-refractivity contribution in [1.29, 1.82) is 0 Å². The molecule has 0 atom stereocenters. The van der Waals surface area contributed by atoms with E-state index in [0.717, 1.165) is 18.5 Å². The average Bonchev–Trinajstić information content (AvgIpc) is 2.72. The first-order valence-corrected chi connectivity index (χ1v) is 6.78. The van der Waals surface area contributed by atoms with Gasteiger partial charge >= 0.3 is 0 Å². The van der Waals surface area contributed by atoms with Crippen molar-refractivity contribution < 1.29 is 9.59 Å². The Balaban J connectivity index is 2.22. The molecule has 0 radical (unpaired) electrons. The molecule has 6 heteroatoms. The van der Waals surface area contributed by atoms with Crippen LogP contribution in [0.1, 0.15) is 36.5 Å². The van der Waals surface area contributed by atoms with Gasteiger partial charge in [-0.2, -0.15) is 5.10 Å². The number of aromatic nitrogens is 2. The van der Waals surface area contributed by atoms with Crippen LogP contribution in [-0.4, -0.2) is 46.1 Å². The Bertz CT molecular complexity index is 481. The van der Waals surface area contributed by atoms with Crippen molar-refractivity contribution in [2.45, 2.75) is 33.2 Å². The quantitative estimate of drug-likeness (QED) is 0.860. The molecule has 0 aromatic carbocycles. The number of nitrogens with one attached hydrogen (secondary N) is 1. The van der Waals surface area contributed by atoms with Gasteiger partial charge in [0.1, 0.15) is 5.69 Å². The zero-order valence-electron chi connectivity index (χ0n) is 11.5. The standard InChI is InChI=1S/C13H20N4O2/c1-3-10-8-11(17(4-2)15-10)13(19)16-7-5-6-14-12(18)9-16/h8H,3-7,9H2,1-2H3,(H,14,18). The topological polar surface area (TPSA) is 67.2 Å². The van der Waals surface area contributed by atoms with E-state index in [-0.39, 0.29) is 18.4 Å². The van der Waals surface area contributed by atoms with Crippen LogP contribution in [0.5, 0.6) is 0 Å². The molecule has 1 aromatic heterocycles. The number of amides is 2. The lowest BCUT2D eigenvalue weighted by Gasteiger charge is -2.19. The number of hydrogen-bond acceptors (Lipinski definition) is 3. The zero-order chi connectivity index (χ0) is 13.8. The summed E-state index contributed by atoms with van der Waals surface area (Å²) in [6.07, 6.45) is 1.59. The summed E-state index contributed by atoms with van der Waals surface area (Å²) in [5, 5.41) is 7.14. The van der Waals surface area contributed by atoms with Crippen molar-refractivity contribution in [3.8, 4) is 0 Å². The lowest BCUT2D eigenvalue weighted by Crippen LogP contribution is -2.38. The third-order valence-electron chi connectivity index (χ3n) is 3.26. The van der Waals surface area contributed by atoms with Crippen LogP contribution < -0.4 is 5.32 Å². The highest BCUT2D eigenvalue weighted by Crippen LogP contribution is 2.10. The predicted molar refractivity (Wildman–Crippen MR) is 70.8 cm³/mol. The molecule has 1 fully saturated rings. The summed E-state index contributed by atoms with van der Waals surface area (Å²) >= 11 is 0. The van der Waals surface area contributed by atoms with Crippen LogP contribution in [0, 0.1) is 0 Å². The van der Waals surface area contributed by atoms with Crippen molar-refractivity contribution in [1.82, 2.24) is 20.0 Å². The third kappa shape index (κ3) is 2.94. The summed E-state index contributed by atoms with van der Waals surface area (Å²) in [5.74, 6) is -0.199. The largest absolute Gasteiger partial charge is 0.354 e. The van der Waals surface area contributed by atoms with Gasteiger partial charge in [-0.25, -0.2) is 0 Å². The van der Waals surface area contributed by atoms with Crippen molar-refractivity contribution in [3.63, 3.8) is 0 Å². The normalized spacial score (nSPS) is 16.1. The predicted octanol–water partition coefficient (Wildman–Crippen LogP) is 0.427. The second-order valence-electron chi connectivity index (χ2n) is 4.62. The van der Waals surface area contributed by atoms with E-state index in [0.29, 0.717) is 25.3 Å². The molecule has 0 saturated carbocycles. The van der Waals surface area contributed by atoms with Crippen LogP contribution in [0.2, 0.25) is 0 Å². The molecule has 2 amide bonds. The highest BCUT2D eigenvalue weighted by Gasteiger charge is 2.24. The second kappa shape index (κ2) is 5.86. The van der Waals surface area contributed by atoms with Crippen LogP contribution in [0.25, 0.3) is 0 Å². The van der Waals surface area contributed by atoms with Gasteiger partial charge in [0, 0.05) is 19.6 Å². The number of carbonyl (C=O) groups excluding carboxylic acids is 2. The first-order valence-electron chi connectivity index (χ1n) is 6.78. The highest BCUT2D eigenvalue weighted by molar-refractivity contribution is 5.95. The maximum atomic E-state index is 12.5. The second-order valence-corrected chi connectivity index (χ2v) is 4.62. The van der Waals surface area contributed by atoms with E-state index in [2.05, 4.69) is 10.4 Å². The van der Waals surface area contributed by atoms with Gasteiger partial charge in [0.25, 0.3) is 5.91 Å². The van der Waals surface area contributed by atoms with Gasteiger partial charge in [-0.15, -0.1) is 0 Å². The molecule has 1 aliphatic heterocycles. The van der Waals surface area contributed by atoms with Crippen LogP contribution >= 0.6 is 0 Å². The number of nitrogens with zero attached hydrogens (tertiary/aromatic N) is 3. The monoisotopic (exact) mass is 264 g/mol. The Kier molecular flexibility index (Phi) is 4.19. The summed E-state index contributed by atoms with van der Waals surface area (Å²) in [4.78, 5) is 25.6. The van der Waals surface area contributed by atoms with E-state index in [1.807, 2.05) is 19.9 Å². The Labute approximate surface area is 112 Å². The molecule has 2 rings (SSSR count). The van der Waals surface area contributed by atoms with Gasteiger partial charge in [0.05, 0.1) is 12.2 Å². The third-order valence-corrected chi connectivity index (χ3v) is 3.26. The van der Waals surface area contributed by atoms with E-state index in [1.54, 1.807) is 9.58 Å². The van der Waals surface area contributed by atoms with Crippen LogP contribution in [0.4, 0.5) is 0 Å². The van der Waals surface area contributed by atoms with Gasteiger partial charge in [-0.05, 0) is 25.8 Å². The molecule has 1 N–H and O–H groups in total. The molecule has 1 aliphatic rings. The Morgan fingerprint density at radius 2 is 2.26 bits per heavy atom. The van der Waals surface area contributed by atoms with E-state index >= 15 is 0 Å². The summed E-state index contributed by atoms with van der Waals surface area (Å²) in [6.45, 7) is 5.99. The number of hydrogen-bond donors (Lipinski definition) is 1. The Morgan fingerprint density at radius 1 is 1.47 bits per heavy atom. The van der Waals surface area contributed by atoms with Crippen molar-refractivity contribution >= 4 is 11.8 Å². The maximum absolute atomic E-state index is 12.5. The van der Waals surface area contributed by atoms with Crippen LogP contribution in [0.3, 0.4) is 0 Å². The molecule has 104 valence electrons. The summed E-state index contributed by atoms with van der Waals surface area (Å²) in [7, 11) is 0. The fraction of sp³-hybridized carbons (Fsp3) is 0.615. The minimum atomic E-state index is -0.105. The Hall–Kier alpha value is -1.85. The van der Waals surface area contributed by atoms with E-state index in [9.17, 15) is 9.59 Å². The SMILES string of the molecule is CCc1cc(C(=O)N2CCCNC(=O)C2)n(CC)n1. The van der Waals surface area contributed by atoms with Crippen LogP contribution in [0.15, 0.2) is 6.07 Å². The van der Waals surface area contributed by atoms with E-state index in [4.69, 9.17) is 0 Å². The van der Waals surface area contributed by atoms with E-state index in [1.165, 1.54) is 0 Å². The van der Waals surface area contributed by atoms with Crippen molar-refractivity contribution in [2.24, 2.45) is 0 Å². The number of rotatable bonds is 3. The highest BCUT2D eigenvalue weighted by atomic mass is 16.2. The first-order chi connectivity index (χ1) is 9.15. The van der Waals surface area contributed by atoms with E-state index < -0.39 is 0 Å². The van der Waals surface area contributed by atoms with Gasteiger partial charge < -0.3 is 10.2 Å². The summed E-state index contributed by atoms with van der Waals surface area (Å²) in [6, 6.07) is 1.83. The molecule has 1 aromatic rings. The minimum Gasteiger partial charge on any atom is -0.354 e. The molecular weight excluding hydrogens is 244 g/mol. The molecule has 0 unspecified atom stereocenters. The molecule has 2 heterocycles. The van der Waals surface area contributed by atoms with Crippen molar-refractivity contribution in [2.75, 3.05) is 19.6 Å².